The first kappa shape index (κ1) is 18.9. The first-order valence-electron chi connectivity index (χ1n) is 9.04. The Morgan fingerprint density at radius 2 is 2.14 bits per heavy atom. The number of hydrogen-bond donors (Lipinski definition) is 3. The molecule has 3 N–H and O–H groups in total. The van der Waals surface area contributed by atoms with Crippen LogP contribution in [0, 0.1) is 0 Å². The lowest BCUT2D eigenvalue weighted by Crippen LogP contribution is -2.42. The number of amidine groups is 1. The van der Waals surface area contributed by atoms with Crippen LogP contribution in [0.2, 0.25) is 10.0 Å². The maximum atomic E-state index is 12.6. The van der Waals surface area contributed by atoms with Crippen molar-refractivity contribution in [3.8, 4) is 0 Å². The highest BCUT2D eigenvalue weighted by molar-refractivity contribution is 6.35. The van der Waals surface area contributed by atoms with Gasteiger partial charge >= 0.3 is 0 Å². The molecule has 1 amide bonds. The molecule has 0 spiro atoms. The number of benzene rings is 1. The second-order valence-corrected chi connectivity index (χ2v) is 7.75. The van der Waals surface area contributed by atoms with Crippen LogP contribution in [0.1, 0.15) is 12.0 Å². The number of hydrogen-bond acceptors (Lipinski definition) is 6. The molecule has 2 aliphatic heterocycles. The standard InChI is InChI=1S/C18H21Cl2N7O/c1-26(18-15-7-24-25-17(15)22-10-23-18)14-2-3-27(9-14)16(28)8-21-13-5-11(19)4-12(20)6-13/h4-7,14,21H,2-3,8-10H2,1H3,(H2,22,24,25). The molecule has 2 aliphatic rings. The summed E-state index contributed by atoms with van der Waals surface area (Å²) in [6.07, 6.45) is 2.67. The van der Waals surface area contributed by atoms with E-state index in [-0.39, 0.29) is 18.5 Å². The molecule has 0 bridgehead atoms. The first-order valence-corrected chi connectivity index (χ1v) is 9.79. The van der Waals surface area contributed by atoms with Gasteiger partial charge < -0.3 is 20.4 Å². The second-order valence-electron chi connectivity index (χ2n) is 6.88. The van der Waals surface area contributed by atoms with E-state index in [1.807, 2.05) is 11.9 Å². The monoisotopic (exact) mass is 421 g/mol. The third kappa shape index (κ3) is 3.88. The summed E-state index contributed by atoms with van der Waals surface area (Å²) < 4.78 is 0. The third-order valence-corrected chi connectivity index (χ3v) is 5.51. The number of amides is 1. The maximum absolute atomic E-state index is 12.6. The van der Waals surface area contributed by atoms with Gasteiger partial charge in [0, 0.05) is 41.9 Å². The fourth-order valence-electron chi connectivity index (χ4n) is 3.57. The molecular weight excluding hydrogens is 401 g/mol. The summed E-state index contributed by atoms with van der Waals surface area (Å²) in [5, 5.41) is 14.4. The average Bonchev–Trinajstić information content (AvgIpc) is 3.34. The molecule has 1 atom stereocenters. The van der Waals surface area contributed by atoms with E-state index in [1.165, 1.54) is 0 Å². The Labute approximate surface area is 172 Å². The van der Waals surface area contributed by atoms with E-state index in [9.17, 15) is 4.79 Å². The molecule has 2 aromatic rings. The minimum absolute atomic E-state index is 0.0447. The fourth-order valence-corrected chi connectivity index (χ4v) is 4.10. The predicted octanol–water partition coefficient (Wildman–Crippen LogP) is 2.49. The largest absolute Gasteiger partial charge is 0.376 e. The Morgan fingerprint density at radius 1 is 1.36 bits per heavy atom. The molecule has 1 fully saturated rings. The van der Waals surface area contributed by atoms with Gasteiger partial charge in [0.1, 0.15) is 18.3 Å². The molecule has 3 heterocycles. The normalized spacial score (nSPS) is 18.3. The van der Waals surface area contributed by atoms with E-state index in [0.29, 0.717) is 23.3 Å². The lowest BCUT2D eigenvalue weighted by atomic mass is 10.2. The number of aromatic amines is 1. The van der Waals surface area contributed by atoms with Crippen molar-refractivity contribution >= 4 is 46.4 Å². The molecule has 0 aliphatic carbocycles. The van der Waals surface area contributed by atoms with Gasteiger partial charge in [-0.1, -0.05) is 23.2 Å². The van der Waals surface area contributed by atoms with Gasteiger partial charge in [-0.2, -0.15) is 5.10 Å². The summed E-state index contributed by atoms with van der Waals surface area (Å²) in [6, 6.07) is 5.37. The molecule has 1 aromatic heterocycles. The smallest absolute Gasteiger partial charge is 0.241 e. The number of halogens is 2. The first-order chi connectivity index (χ1) is 13.5. The van der Waals surface area contributed by atoms with Crippen LogP contribution in [0.5, 0.6) is 0 Å². The van der Waals surface area contributed by atoms with Crippen molar-refractivity contribution in [2.45, 2.75) is 12.5 Å². The number of carbonyl (C=O) groups is 1. The van der Waals surface area contributed by atoms with Gasteiger partial charge in [0.05, 0.1) is 18.3 Å². The quantitative estimate of drug-likeness (QED) is 0.705. The predicted molar refractivity (Wildman–Crippen MR) is 111 cm³/mol. The number of likely N-dealkylation sites (N-methyl/N-ethyl adjacent to an activating group) is 1. The Morgan fingerprint density at radius 3 is 2.93 bits per heavy atom. The van der Waals surface area contributed by atoms with Gasteiger partial charge in [-0.05, 0) is 24.6 Å². The summed E-state index contributed by atoms with van der Waals surface area (Å²) in [7, 11) is 2.02. The lowest BCUT2D eigenvalue weighted by molar-refractivity contribution is -0.128. The molecule has 28 heavy (non-hydrogen) atoms. The summed E-state index contributed by atoms with van der Waals surface area (Å²) in [5.41, 5.74) is 1.69. The summed E-state index contributed by atoms with van der Waals surface area (Å²) in [4.78, 5) is 21.2. The van der Waals surface area contributed by atoms with Crippen LogP contribution in [-0.2, 0) is 4.79 Å². The van der Waals surface area contributed by atoms with Crippen LogP contribution in [-0.4, -0.2) is 71.1 Å². The molecule has 4 rings (SSSR count). The second kappa shape index (κ2) is 7.89. The Bertz CT molecular complexity index is 893. The molecule has 8 nitrogen and oxygen atoms in total. The number of aliphatic imine (C=N–C) groups is 1. The number of likely N-dealkylation sites (tertiary alicyclic amines) is 1. The van der Waals surface area contributed by atoms with Crippen LogP contribution in [0.3, 0.4) is 0 Å². The molecule has 148 valence electrons. The molecule has 1 aromatic carbocycles. The van der Waals surface area contributed by atoms with Crippen molar-refractivity contribution in [3.63, 3.8) is 0 Å². The highest BCUT2D eigenvalue weighted by atomic mass is 35.5. The molecule has 1 unspecified atom stereocenters. The lowest BCUT2D eigenvalue weighted by Gasteiger charge is -2.29. The van der Waals surface area contributed by atoms with Crippen LogP contribution >= 0.6 is 23.2 Å². The number of H-pyrrole nitrogens is 1. The zero-order valence-electron chi connectivity index (χ0n) is 15.4. The maximum Gasteiger partial charge on any atom is 0.241 e. The van der Waals surface area contributed by atoms with Gasteiger partial charge in [0.2, 0.25) is 5.91 Å². The van der Waals surface area contributed by atoms with E-state index >= 15 is 0 Å². The van der Waals surface area contributed by atoms with Crippen molar-refractivity contribution in [2.75, 3.05) is 44.0 Å². The highest BCUT2D eigenvalue weighted by Crippen LogP contribution is 2.24. The van der Waals surface area contributed by atoms with Gasteiger partial charge in [-0.25, -0.2) is 4.99 Å². The average molecular weight is 422 g/mol. The Hall–Kier alpha value is -2.45. The van der Waals surface area contributed by atoms with Gasteiger partial charge in [0.15, 0.2) is 0 Å². The number of nitrogens with zero attached hydrogens (tertiary/aromatic N) is 4. The number of anilines is 2. The van der Waals surface area contributed by atoms with E-state index in [0.717, 1.165) is 35.9 Å². The molecule has 1 saturated heterocycles. The highest BCUT2D eigenvalue weighted by Gasteiger charge is 2.32. The van der Waals surface area contributed by atoms with E-state index in [1.54, 1.807) is 24.4 Å². The Kier molecular flexibility index (Phi) is 5.32. The molecular formula is C18H21Cl2N7O. The van der Waals surface area contributed by atoms with Crippen molar-refractivity contribution < 1.29 is 4.79 Å². The van der Waals surface area contributed by atoms with E-state index in [2.05, 4.69) is 30.7 Å². The molecule has 0 radical (unpaired) electrons. The van der Waals surface area contributed by atoms with Crippen molar-refractivity contribution in [2.24, 2.45) is 4.99 Å². The van der Waals surface area contributed by atoms with E-state index in [4.69, 9.17) is 23.2 Å². The third-order valence-electron chi connectivity index (χ3n) is 5.07. The van der Waals surface area contributed by atoms with Gasteiger partial charge in [0.25, 0.3) is 0 Å². The SMILES string of the molecule is CN(C1=NCNc2[nH]ncc21)C1CCN(C(=O)CNc2cc(Cl)cc(Cl)c2)C1. The summed E-state index contributed by atoms with van der Waals surface area (Å²) >= 11 is 12.0. The van der Waals surface area contributed by atoms with Crippen LogP contribution in [0.4, 0.5) is 11.5 Å². The van der Waals surface area contributed by atoms with Crippen LogP contribution in [0.15, 0.2) is 29.4 Å². The number of aromatic nitrogens is 2. The fraction of sp³-hybridized carbons (Fsp3) is 0.389. The van der Waals surface area contributed by atoms with Crippen molar-refractivity contribution in [1.29, 1.82) is 0 Å². The summed E-state index contributed by atoms with van der Waals surface area (Å²) in [6.45, 7) is 2.09. The molecule has 0 saturated carbocycles. The zero-order valence-corrected chi connectivity index (χ0v) is 16.9. The van der Waals surface area contributed by atoms with Gasteiger partial charge in [-0.3, -0.25) is 9.89 Å². The van der Waals surface area contributed by atoms with Crippen LogP contribution in [0.25, 0.3) is 0 Å². The number of carbonyl (C=O) groups excluding carboxylic acids is 1. The van der Waals surface area contributed by atoms with Crippen LogP contribution < -0.4 is 10.6 Å². The Balaban J connectivity index is 1.35. The number of rotatable bonds is 4. The van der Waals surface area contributed by atoms with Crippen molar-refractivity contribution in [1.82, 2.24) is 20.0 Å². The summed E-state index contributed by atoms with van der Waals surface area (Å²) in [5.74, 6) is 1.82. The topological polar surface area (TPSA) is 88.7 Å². The molecule has 10 heteroatoms. The van der Waals surface area contributed by atoms with Crippen molar-refractivity contribution in [3.05, 3.63) is 40.0 Å². The van der Waals surface area contributed by atoms with E-state index < -0.39 is 0 Å². The number of fused-ring (bicyclic) bond motifs is 1. The van der Waals surface area contributed by atoms with Gasteiger partial charge in [-0.15, -0.1) is 0 Å². The minimum atomic E-state index is 0.0447. The zero-order chi connectivity index (χ0) is 19.7. The number of nitrogens with one attached hydrogen (secondary N) is 3. The minimum Gasteiger partial charge on any atom is -0.376 e.